The molecule has 5 nitrogen and oxygen atoms in total. The quantitative estimate of drug-likeness (QED) is 0.853. The summed E-state index contributed by atoms with van der Waals surface area (Å²) in [6.07, 6.45) is 0. The number of benzene rings is 2. The number of rotatable bonds is 3. The molecule has 5 heteroatoms. The minimum absolute atomic E-state index is 0.00714. The van der Waals surface area contributed by atoms with Crippen molar-refractivity contribution in [3.8, 4) is 5.75 Å². The third kappa shape index (κ3) is 4.04. The molecule has 1 aliphatic rings. The molecule has 0 aromatic heterocycles. The van der Waals surface area contributed by atoms with Crippen molar-refractivity contribution in [2.24, 2.45) is 0 Å². The summed E-state index contributed by atoms with van der Waals surface area (Å²) in [6.45, 7) is 5.61. The number of hydrogen-bond donors (Lipinski definition) is 0. The van der Waals surface area contributed by atoms with E-state index in [1.807, 2.05) is 54.3 Å². The summed E-state index contributed by atoms with van der Waals surface area (Å²) in [5.74, 6) is 0.832. The number of carbonyl (C=O) groups excluding carboxylic acids is 2. The Morgan fingerprint density at radius 3 is 2.58 bits per heavy atom. The highest BCUT2D eigenvalue weighted by Gasteiger charge is 2.21. The van der Waals surface area contributed by atoms with E-state index in [9.17, 15) is 9.59 Å². The number of fused-ring (bicyclic) bond motifs is 1. The molecular formula is C21H24N2O3. The molecule has 3 rings (SSSR count). The monoisotopic (exact) mass is 352 g/mol. The predicted molar refractivity (Wildman–Crippen MR) is 100 cm³/mol. The van der Waals surface area contributed by atoms with Crippen LogP contribution >= 0.6 is 0 Å². The maximum absolute atomic E-state index is 12.8. The SMILES string of the molecule is CC(=O)N(C)Cc1ccc2c(c1)CN(C(=O)c1ccc(C)cc1)CCO2. The second-order valence-corrected chi connectivity index (χ2v) is 6.76. The lowest BCUT2D eigenvalue weighted by Gasteiger charge is -2.20. The van der Waals surface area contributed by atoms with Crippen LogP contribution in [0.3, 0.4) is 0 Å². The number of nitrogens with zero attached hydrogens (tertiary/aromatic N) is 2. The molecule has 0 aliphatic carbocycles. The van der Waals surface area contributed by atoms with Gasteiger partial charge in [0.1, 0.15) is 12.4 Å². The zero-order valence-electron chi connectivity index (χ0n) is 15.5. The van der Waals surface area contributed by atoms with E-state index in [0.29, 0.717) is 31.8 Å². The van der Waals surface area contributed by atoms with Crippen LogP contribution in [0.1, 0.15) is 34.0 Å². The Labute approximate surface area is 154 Å². The second kappa shape index (κ2) is 7.60. The zero-order chi connectivity index (χ0) is 18.7. The largest absolute Gasteiger partial charge is 0.491 e. The van der Waals surface area contributed by atoms with Gasteiger partial charge in [0.15, 0.2) is 0 Å². The summed E-state index contributed by atoms with van der Waals surface area (Å²) >= 11 is 0. The predicted octanol–water partition coefficient (Wildman–Crippen LogP) is 3.01. The van der Waals surface area contributed by atoms with Gasteiger partial charge in [-0.25, -0.2) is 0 Å². The molecular weight excluding hydrogens is 328 g/mol. The normalized spacial score (nSPS) is 13.4. The van der Waals surface area contributed by atoms with Crippen molar-refractivity contribution < 1.29 is 14.3 Å². The lowest BCUT2D eigenvalue weighted by Crippen LogP contribution is -2.32. The molecule has 1 heterocycles. The lowest BCUT2D eigenvalue weighted by molar-refractivity contribution is -0.128. The first-order valence-electron chi connectivity index (χ1n) is 8.76. The van der Waals surface area contributed by atoms with Crippen molar-refractivity contribution in [3.63, 3.8) is 0 Å². The molecule has 136 valence electrons. The highest BCUT2D eigenvalue weighted by molar-refractivity contribution is 5.94. The van der Waals surface area contributed by atoms with Gasteiger partial charge >= 0.3 is 0 Å². The average molecular weight is 352 g/mol. The summed E-state index contributed by atoms with van der Waals surface area (Å²) in [4.78, 5) is 27.8. The molecule has 0 saturated heterocycles. The summed E-state index contributed by atoms with van der Waals surface area (Å²) in [5.41, 5.74) is 3.81. The lowest BCUT2D eigenvalue weighted by atomic mass is 10.1. The third-order valence-corrected chi connectivity index (χ3v) is 4.65. The molecule has 0 bridgehead atoms. The van der Waals surface area contributed by atoms with E-state index in [2.05, 4.69) is 0 Å². The van der Waals surface area contributed by atoms with Crippen LogP contribution in [-0.4, -0.2) is 41.8 Å². The first kappa shape index (κ1) is 18.0. The minimum atomic E-state index is 0.00714. The van der Waals surface area contributed by atoms with Gasteiger partial charge in [0.05, 0.1) is 6.54 Å². The molecule has 1 aliphatic heterocycles. The number of hydrogen-bond acceptors (Lipinski definition) is 3. The van der Waals surface area contributed by atoms with Gasteiger partial charge < -0.3 is 14.5 Å². The van der Waals surface area contributed by atoms with Gasteiger partial charge in [0, 0.05) is 38.2 Å². The first-order valence-corrected chi connectivity index (χ1v) is 8.76. The molecule has 2 aromatic rings. The van der Waals surface area contributed by atoms with Gasteiger partial charge in [0.25, 0.3) is 5.91 Å². The van der Waals surface area contributed by atoms with Crippen LogP contribution in [0.4, 0.5) is 0 Å². The molecule has 0 fully saturated rings. The first-order chi connectivity index (χ1) is 12.4. The topological polar surface area (TPSA) is 49.9 Å². The van der Waals surface area contributed by atoms with E-state index in [1.54, 1.807) is 18.9 Å². The molecule has 0 N–H and O–H groups in total. The van der Waals surface area contributed by atoms with E-state index in [1.165, 1.54) is 0 Å². The van der Waals surface area contributed by atoms with Crippen LogP contribution in [0, 0.1) is 6.92 Å². The molecule has 0 atom stereocenters. The average Bonchev–Trinajstić information content (AvgIpc) is 2.83. The van der Waals surface area contributed by atoms with Gasteiger partial charge in [-0.05, 0) is 36.8 Å². The van der Waals surface area contributed by atoms with Crippen molar-refractivity contribution in [1.29, 1.82) is 0 Å². The Morgan fingerprint density at radius 1 is 1.15 bits per heavy atom. The summed E-state index contributed by atoms with van der Waals surface area (Å²) < 4.78 is 5.82. The van der Waals surface area contributed by atoms with Crippen molar-refractivity contribution >= 4 is 11.8 Å². The van der Waals surface area contributed by atoms with Gasteiger partial charge in [0.2, 0.25) is 5.91 Å². The molecule has 0 radical (unpaired) electrons. The van der Waals surface area contributed by atoms with E-state index in [-0.39, 0.29) is 11.8 Å². The maximum atomic E-state index is 12.8. The smallest absolute Gasteiger partial charge is 0.254 e. The Morgan fingerprint density at radius 2 is 1.88 bits per heavy atom. The standard InChI is InChI=1S/C21H24N2O3/c1-15-4-7-18(8-5-15)21(25)23-10-11-26-20-9-6-17(12-19(20)14-23)13-22(3)16(2)24/h4-9,12H,10-11,13-14H2,1-3H3. The minimum Gasteiger partial charge on any atom is -0.491 e. The van der Waals surface area contributed by atoms with Gasteiger partial charge in [-0.3, -0.25) is 9.59 Å². The van der Waals surface area contributed by atoms with Gasteiger partial charge in [-0.1, -0.05) is 23.8 Å². The van der Waals surface area contributed by atoms with Crippen LogP contribution < -0.4 is 4.74 Å². The van der Waals surface area contributed by atoms with Crippen molar-refractivity contribution in [1.82, 2.24) is 9.80 Å². The molecule has 0 saturated carbocycles. The second-order valence-electron chi connectivity index (χ2n) is 6.76. The van der Waals surface area contributed by atoms with Crippen molar-refractivity contribution in [2.75, 3.05) is 20.2 Å². The Balaban J connectivity index is 1.80. The van der Waals surface area contributed by atoms with Gasteiger partial charge in [-0.2, -0.15) is 0 Å². The number of carbonyl (C=O) groups is 2. The van der Waals surface area contributed by atoms with E-state index in [0.717, 1.165) is 22.4 Å². The molecule has 2 aromatic carbocycles. The van der Waals surface area contributed by atoms with Crippen molar-refractivity contribution in [2.45, 2.75) is 26.9 Å². The highest BCUT2D eigenvalue weighted by atomic mass is 16.5. The molecule has 2 amide bonds. The summed E-state index contributed by atoms with van der Waals surface area (Å²) in [5, 5.41) is 0. The van der Waals surface area contributed by atoms with Gasteiger partial charge in [-0.15, -0.1) is 0 Å². The maximum Gasteiger partial charge on any atom is 0.254 e. The summed E-state index contributed by atoms with van der Waals surface area (Å²) in [7, 11) is 1.78. The van der Waals surface area contributed by atoms with E-state index in [4.69, 9.17) is 4.74 Å². The van der Waals surface area contributed by atoms with Crippen LogP contribution in [0.5, 0.6) is 5.75 Å². The Bertz CT molecular complexity index is 815. The fourth-order valence-electron chi connectivity index (χ4n) is 2.98. The molecule has 26 heavy (non-hydrogen) atoms. The third-order valence-electron chi connectivity index (χ3n) is 4.65. The van der Waals surface area contributed by atoms with Crippen LogP contribution in [-0.2, 0) is 17.9 Å². The molecule has 0 unspecified atom stereocenters. The summed E-state index contributed by atoms with van der Waals surface area (Å²) in [6, 6.07) is 13.5. The Hall–Kier alpha value is -2.82. The number of amides is 2. The van der Waals surface area contributed by atoms with Crippen LogP contribution in [0.25, 0.3) is 0 Å². The zero-order valence-corrected chi connectivity index (χ0v) is 15.5. The van der Waals surface area contributed by atoms with Crippen molar-refractivity contribution in [3.05, 3.63) is 64.7 Å². The molecule has 0 spiro atoms. The van der Waals surface area contributed by atoms with Crippen LogP contribution in [0.15, 0.2) is 42.5 Å². The van der Waals surface area contributed by atoms with E-state index < -0.39 is 0 Å². The number of aryl methyl sites for hydroxylation is 1. The highest BCUT2D eigenvalue weighted by Crippen LogP contribution is 2.26. The van der Waals surface area contributed by atoms with E-state index >= 15 is 0 Å². The van der Waals surface area contributed by atoms with Crippen LogP contribution in [0.2, 0.25) is 0 Å². The fourth-order valence-corrected chi connectivity index (χ4v) is 2.98. The fraction of sp³-hybridized carbons (Fsp3) is 0.333. The number of ether oxygens (including phenoxy) is 1. The Kier molecular flexibility index (Phi) is 5.26.